The van der Waals surface area contributed by atoms with Gasteiger partial charge in [0.15, 0.2) is 12.4 Å². The van der Waals surface area contributed by atoms with Crippen molar-refractivity contribution in [3.05, 3.63) is 122 Å². The van der Waals surface area contributed by atoms with Gasteiger partial charge in [0.05, 0.1) is 40.3 Å². The number of hydrogen-bond acceptors (Lipinski definition) is 8. The number of likely N-dealkylation sites (N-methyl/N-ethyl adjacent to an activating group) is 1. The predicted molar refractivity (Wildman–Crippen MR) is 315 cm³/mol. The van der Waals surface area contributed by atoms with Gasteiger partial charge in [0.1, 0.15) is 13.2 Å². The first-order valence-corrected chi connectivity index (χ1v) is 29.7. The molecule has 0 aromatic rings. The number of carbonyl (C=O) groups is 3. The highest BCUT2D eigenvalue weighted by atomic mass is 16.7. The average Bonchev–Trinajstić information content (AvgIpc) is 3.38. The van der Waals surface area contributed by atoms with Crippen molar-refractivity contribution in [1.82, 2.24) is 0 Å². The van der Waals surface area contributed by atoms with E-state index in [1.165, 1.54) is 96.3 Å². The Balaban J connectivity index is 4.39. The molecule has 0 spiro atoms. The van der Waals surface area contributed by atoms with Gasteiger partial charge in [0, 0.05) is 12.8 Å². The average molecular weight is 1040 g/mol. The van der Waals surface area contributed by atoms with Crippen LogP contribution in [0.1, 0.15) is 219 Å². The van der Waals surface area contributed by atoms with Crippen molar-refractivity contribution >= 4 is 17.9 Å². The van der Waals surface area contributed by atoms with Gasteiger partial charge in [-0.2, -0.15) is 0 Å². The topological polar surface area (TPSA) is 111 Å². The van der Waals surface area contributed by atoms with Crippen LogP contribution in [0.25, 0.3) is 0 Å². The highest BCUT2D eigenvalue weighted by Gasteiger charge is 2.21. The number of aliphatic carboxylic acids is 1. The van der Waals surface area contributed by atoms with Crippen molar-refractivity contribution in [3.63, 3.8) is 0 Å². The third kappa shape index (κ3) is 57.2. The summed E-state index contributed by atoms with van der Waals surface area (Å²) in [5.74, 6) is -2.38. The smallest absolute Gasteiger partial charge is 0.306 e. The Kier molecular flexibility index (Phi) is 52.7. The fourth-order valence-corrected chi connectivity index (χ4v) is 7.65. The van der Waals surface area contributed by atoms with E-state index in [2.05, 4.69) is 135 Å². The van der Waals surface area contributed by atoms with E-state index in [1.807, 2.05) is 21.1 Å². The number of carbonyl (C=O) groups excluding carboxylic acids is 3. The minimum absolute atomic E-state index is 0.130. The molecule has 0 amide bonds. The molecule has 75 heavy (non-hydrogen) atoms. The third-order valence-corrected chi connectivity index (χ3v) is 12.2. The zero-order valence-corrected chi connectivity index (χ0v) is 48.4. The van der Waals surface area contributed by atoms with Gasteiger partial charge < -0.3 is 33.3 Å². The minimum Gasteiger partial charge on any atom is -0.545 e. The van der Waals surface area contributed by atoms with Crippen molar-refractivity contribution < 1.29 is 42.9 Å². The summed E-state index contributed by atoms with van der Waals surface area (Å²) in [6.45, 7) is 4.56. The first-order chi connectivity index (χ1) is 36.6. The van der Waals surface area contributed by atoms with Crippen molar-refractivity contribution in [3.8, 4) is 0 Å². The predicted octanol–water partition coefficient (Wildman–Crippen LogP) is 16.3. The Labute approximate surface area is 459 Å². The summed E-state index contributed by atoms with van der Waals surface area (Å²) in [7, 11) is 5.89. The van der Waals surface area contributed by atoms with E-state index in [0.29, 0.717) is 23.9 Å². The number of carboxylic acid groups (broad SMARTS) is 1. The molecule has 0 aromatic carbocycles. The van der Waals surface area contributed by atoms with E-state index in [-0.39, 0.29) is 38.6 Å². The molecule has 0 aliphatic rings. The zero-order valence-electron chi connectivity index (χ0n) is 48.4. The third-order valence-electron chi connectivity index (χ3n) is 12.2. The molecular weight excluding hydrogens is 935 g/mol. The lowest BCUT2D eigenvalue weighted by molar-refractivity contribution is -0.870. The normalized spacial score (nSPS) is 13.7. The first kappa shape index (κ1) is 70.7. The summed E-state index contributed by atoms with van der Waals surface area (Å²) in [6, 6.07) is 0. The molecule has 2 atom stereocenters. The molecule has 9 heteroatoms. The van der Waals surface area contributed by atoms with Gasteiger partial charge in [0.2, 0.25) is 0 Å². The maximum Gasteiger partial charge on any atom is 0.306 e. The number of allylic oxidation sites excluding steroid dienone is 20. The van der Waals surface area contributed by atoms with Gasteiger partial charge in [0.25, 0.3) is 0 Å². The molecule has 9 nitrogen and oxygen atoms in total. The lowest BCUT2D eigenvalue weighted by atomic mass is 10.1. The first-order valence-electron chi connectivity index (χ1n) is 29.7. The van der Waals surface area contributed by atoms with E-state index in [0.717, 1.165) is 83.5 Å². The summed E-state index contributed by atoms with van der Waals surface area (Å²) < 4.78 is 22.6. The summed E-state index contributed by atoms with van der Waals surface area (Å²) >= 11 is 0. The lowest BCUT2D eigenvalue weighted by Crippen LogP contribution is -2.44. The number of esters is 2. The Morgan fingerprint density at radius 2 is 0.773 bits per heavy atom. The number of hydrogen-bond donors (Lipinski definition) is 0. The molecule has 0 fully saturated rings. The molecule has 0 aliphatic heterocycles. The Hall–Kier alpha value is -4.31. The Morgan fingerprint density at radius 3 is 1.19 bits per heavy atom. The summed E-state index contributed by atoms with van der Waals surface area (Å²) in [5.41, 5.74) is 0. The van der Waals surface area contributed by atoms with Crippen LogP contribution < -0.4 is 5.11 Å². The molecule has 0 heterocycles. The van der Waals surface area contributed by atoms with Gasteiger partial charge in [-0.25, -0.2) is 0 Å². The second-order valence-electron chi connectivity index (χ2n) is 20.5. The largest absolute Gasteiger partial charge is 0.545 e. The Bertz CT molecular complexity index is 1640. The molecule has 2 unspecified atom stereocenters. The van der Waals surface area contributed by atoms with E-state index >= 15 is 0 Å². The van der Waals surface area contributed by atoms with Crippen LogP contribution in [0.3, 0.4) is 0 Å². The Morgan fingerprint density at radius 1 is 0.413 bits per heavy atom. The molecule has 426 valence electrons. The molecule has 0 saturated carbocycles. The summed E-state index contributed by atoms with van der Waals surface area (Å²) in [4.78, 5) is 37.3. The van der Waals surface area contributed by atoms with E-state index in [1.54, 1.807) is 0 Å². The molecule has 0 aliphatic carbocycles. The monoisotopic (exact) mass is 1040 g/mol. The second-order valence-corrected chi connectivity index (χ2v) is 20.5. The molecular formula is C66H109NO8. The maximum atomic E-state index is 12.8. The van der Waals surface area contributed by atoms with Crippen LogP contribution in [0.4, 0.5) is 0 Å². The fraction of sp³-hybridized carbons (Fsp3) is 0.652. The summed E-state index contributed by atoms with van der Waals surface area (Å²) in [6.07, 6.45) is 75.4. The lowest BCUT2D eigenvalue weighted by Gasteiger charge is -2.26. The number of nitrogens with zero attached hydrogens (tertiary/aromatic N) is 1. The molecule has 0 rings (SSSR count). The van der Waals surface area contributed by atoms with Gasteiger partial charge in [-0.3, -0.25) is 9.59 Å². The van der Waals surface area contributed by atoms with Gasteiger partial charge in [-0.15, -0.1) is 0 Å². The van der Waals surface area contributed by atoms with Crippen molar-refractivity contribution in [2.75, 3.05) is 47.5 Å². The molecule has 0 N–H and O–H groups in total. The number of unbranched alkanes of at least 4 members (excludes halogenated alkanes) is 18. The SMILES string of the molecule is CC/C=C\C/C=C\C/C=C\C/C=C\C/C=C\C/C=C\C/C=C\C/C=C\C/C=C\CCCC(=O)OC(COC(=O)CCCCCCCCCCC/C=C\CCCCCCCCCC)COC(OCC[N+](C)(C)C)C(=O)[O-]. The highest BCUT2D eigenvalue weighted by Crippen LogP contribution is 2.14. The number of carboxylic acids is 1. The minimum atomic E-state index is -1.65. The van der Waals surface area contributed by atoms with Gasteiger partial charge in [-0.1, -0.05) is 225 Å². The van der Waals surface area contributed by atoms with E-state index in [9.17, 15) is 19.5 Å². The summed E-state index contributed by atoms with van der Waals surface area (Å²) in [5, 5.41) is 11.8. The van der Waals surface area contributed by atoms with Crippen LogP contribution in [0, 0.1) is 0 Å². The van der Waals surface area contributed by atoms with Crippen molar-refractivity contribution in [2.45, 2.75) is 232 Å². The van der Waals surface area contributed by atoms with Crippen molar-refractivity contribution in [1.29, 1.82) is 0 Å². The number of quaternary nitrogens is 1. The van der Waals surface area contributed by atoms with Crippen LogP contribution >= 0.6 is 0 Å². The van der Waals surface area contributed by atoms with Crippen LogP contribution in [-0.2, 0) is 33.3 Å². The van der Waals surface area contributed by atoms with Crippen LogP contribution in [0.2, 0.25) is 0 Å². The molecule has 0 radical (unpaired) electrons. The molecule has 0 saturated heterocycles. The van der Waals surface area contributed by atoms with Crippen LogP contribution in [0.15, 0.2) is 122 Å². The second kappa shape index (κ2) is 55.9. The zero-order chi connectivity index (χ0) is 54.8. The van der Waals surface area contributed by atoms with Crippen LogP contribution in [-0.4, -0.2) is 82.3 Å². The van der Waals surface area contributed by atoms with E-state index in [4.69, 9.17) is 18.9 Å². The van der Waals surface area contributed by atoms with Crippen LogP contribution in [0.5, 0.6) is 0 Å². The quantitative estimate of drug-likeness (QED) is 0.0195. The number of rotatable bonds is 53. The van der Waals surface area contributed by atoms with Gasteiger partial charge >= 0.3 is 11.9 Å². The molecule has 0 aromatic heterocycles. The fourth-order valence-electron chi connectivity index (χ4n) is 7.65. The number of ether oxygens (including phenoxy) is 4. The van der Waals surface area contributed by atoms with Gasteiger partial charge in [-0.05, 0) is 103 Å². The maximum absolute atomic E-state index is 12.8. The molecule has 0 bridgehead atoms. The highest BCUT2D eigenvalue weighted by molar-refractivity contribution is 5.70. The standard InChI is InChI=1S/C66H109NO8/c1-6-8-10-12-14-16-18-20-22-24-26-28-29-30-31-32-33-34-35-37-39-41-43-45-47-49-51-53-55-57-64(69)75-62(61-74-66(65(70)71)72-59-58-67(3,4)5)60-73-63(68)56-54-52-50-48-46-44-42-40-38-36-27-25-23-21-19-17-15-13-11-9-7-2/h8,10,14,16,20,22,25-28,30-31,33-34,37,39,43,45,49,51,62,66H,6-7,9,11-13,15,17-19,21,23-24,29,32,35-36,38,40-42,44,46-48,50,52-61H2,1-5H3/b10-8-,16-14-,22-20-,27-25-,28-26-,31-30-,34-33-,39-37-,45-43-,51-49-. The van der Waals surface area contributed by atoms with E-state index < -0.39 is 24.3 Å². The van der Waals surface area contributed by atoms with Crippen molar-refractivity contribution in [2.24, 2.45) is 0 Å².